The topological polar surface area (TPSA) is 6.48 Å². The summed E-state index contributed by atoms with van der Waals surface area (Å²) in [5, 5.41) is 0. The molecule has 0 aromatic heterocycles. The molecule has 0 amide bonds. The van der Waals surface area contributed by atoms with Crippen molar-refractivity contribution < 1.29 is 0 Å². The number of para-hydroxylation sites is 1. The highest BCUT2D eigenvalue weighted by atomic mass is 15.2. The van der Waals surface area contributed by atoms with Crippen LogP contribution in [0.5, 0.6) is 0 Å². The predicted octanol–water partition coefficient (Wildman–Crippen LogP) is 3.27. The van der Waals surface area contributed by atoms with Gasteiger partial charge in [0.2, 0.25) is 0 Å². The van der Waals surface area contributed by atoms with Crippen LogP contribution in [0.15, 0.2) is 24.3 Å². The third-order valence-electron chi connectivity index (χ3n) is 5.72. The average molecular weight is 270 g/mol. The number of rotatable bonds is 3. The molecule has 4 rings (SSSR count). The van der Waals surface area contributed by atoms with Crippen LogP contribution in [0.4, 0.5) is 5.69 Å². The maximum atomic E-state index is 2.72. The molecule has 1 aromatic carbocycles. The first-order valence-electron chi connectivity index (χ1n) is 8.37. The van der Waals surface area contributed by atoms with Crippen LogP contribution in [0, 0.1) is 5.92 Å². The molecule has 2 aliphatic heterocycles. The number of benzene rings is 1. The highest BCUT2D eigenvalue weighted by Crippen LogP contribution is 2.47. The zero-order valence-corrected chi connectivity index (χ0v) is 12.6. The monoisotopic (exact) mass is 270 g/mol. The first-order valence-corrected chi connectivity index (χ1v) is 8.37. The van der Waals surface area contributed by atoms with Crippen LogP contribution in [0.25, 0.3) is 0 Å². The van der Waals surface area contributed by atoms with Crippen LogP contribution in [0.2, 0.25) is 0 Å². The fraction of sp³-hybridized carbons (Fsp3) is 0.667. The molecule has 0 unspecified atom stereocenters. The summed E-state index contributed by atoms with van der Waals surface area (Å²) >= 11 is 0. The van der Waals surface area contributed by atoms with Gasteiger partial charge in [0.05, 0.1) is 0 Å². The zero-order valence-electron chi connectivity index (χ0n) is 12.6. The SMILES string of the molecule is CCN1CC2(CCN(CC3CC3)CC2)c2ccccc21. The van der Waals surface area contributed by atoms with Crippen LogP contribution in [-0.2, 0) is 5.41 Å². The number of anilines is 1. The molecule has 1 aliphatic carbocycles. The number of piperidine rings is 1. The number of nitrogens with zero attached hydrogens (tertiary/aromatic N) is 2. The van der Waals surface area contributed by atoms with Gasteiger partial charge in [0.25, 0.3) is 0 Å². The Morgan fingerprint density at radius 3 is 2.60 bits per heavy atom. The molecule has 2 fully saturated rings. The first kappa shape index (κ1) is 12.7. The number of likely N-dealkylation sites (N-methyl/N-ethyl adjacent to an activating group) is 1. The first-order chi connectivity index (χ1) is 9.81. The lowest BCUT2D eigenvalue weighted by Gasteiger charge is -2.40. The van der Waals surface area contributed by atoms with E-state index in [-0.39, 0.29) is 0 Å². The van der Waals surface area contributed by atoms with Crippen molar-refractivity contribution in [2.45, 2.75) is 38.0 Å². The number of hydrogen-bond acceptors (Lipinski definition) is 2. The molecule has 1 saturated heterocycles. The van der Waals surface area contributed by atoms with E-state index in [9.17, 15) is 0 Å². The molecule has 0 atom stereocenters. The summed E-state index contributed by atoms with van der Waals surface area (Å²) in [6.07, 6.45) is 5.67. The summed E-state index contributed by atoms with van der Waals surface area (Å²) in [4.78, 5) is 5.31. The number of likely N-dealkylation sites (tertiary alicyclic amines) is 1. The van der Waals surface area contributed by atoms with Gasteiger partial charge >= 0.3 is 0 Å². The zero-order chi connectivity index (χ0) is 13.6. The Labute approximate surface area is 122 Å². The summed E-state index contributed by atoms with van der Waals surface area (Å²) < 4.78 is 0. The quantitative estimate of drug-likeness (QED) is 0.832. The van der Waals surface area contributed by atoms with Gasteiger partial charge in [0.15, 0.2) is 0 Å². The Morgan fingerprint density at radius 1 is 1.15 bits per heavy atom. The largest absolute Gasteiger partial charge is 0.371 e. The summed E-state index contributed by atoms with van der Waals surface area (Å²) in [5.74, 6) is 1.03. The highest BCUT2D eigenvalue weighted by molar-refractivity contribution is 5.62. The summed E-state index contributed by atoms with van der Waals surface area (Å²) in [6.45, 7) is 8.67. The molecule has 2 nitrogen and oxygen atoms in total. The predicted molar refractivity (Wildman–Crippen MR) is 84.4 cm³/mol. The van der Waals surface area contributed by atoms with E-state index >= 15 is 0 Å². The molecule has 1 spiro atoms. The third-order valence-corrected chi connectivity index (χ3v) is 5.72. The molecule has 20 heavy (non-hydrogen) atoms. The van der Waals surface area contributed by atoms with Gasteiger partial charge in [-0.2, -0.15) is 0 Å². The van der Waals surface area contributed by atoms with E-state index in [0.29, 0.717) is 5.41 Å². The van der Waals surface area contributed by atoms with Crippen molar-refractivity contribution >= 4 is 5.69 Å². The average Bonchev–Trinajstić information content (AvgIpc) is 3.26. The molecule has 1 saturated carbocycles. The maximum Gasteiger partial charge on any atom is 0.0405 e. The molecule has 1 aromatic rings. The molecule has 2 heterocycles. The second-order valence-corrected chi connectivity index (χ2v) is 7.06. The van der Waals surface area contributed by atoms with Crippen LogP contribution >= 0.6 is 0 Å². The van der Waals surface area contributed by atoms with E-state index < -0.39 is 0 Å². The van der Waals surface area contributed by atoms with Gasteiger partial charge in [-0.05, 0) is 63.2 Å². The van der Waals surface area contributed by atoms with Gasteiger partial charge in [0.1, 0.15) is 0 Å². The molecule has 0 radical (unpaired) electrons. The Balaban J connectivity index is 1.53. The minimum Gasteiger partial charge on any atom is -0.371 e. The second kappa shape index (κ2) is 4.77. The van der Waals surface area contributed by atoms with Gasteiger partial charge < -0.3 is 9.80 Å². The van der Waals surface area contributed by atoms with Crippen molar-refractivity contribution in [1.29, 1.82) is 0 Å². The standard InChI is InChI=1S/C18H26N2/c1-2-20-14-18(16-5-3-4-6-17(16)20)9-11-19(12-10-18)13-15-7-8-15/h3-6,15H,2,7-14H2,1H3. The van der Waals surface area contributed by atoms with E-state index in [1.54, 1.807) is 5.56 Å². The van der Waals surface area contributed by atoms with E-state index in [1.807, 2.05) is 0 Å². The molecule has 108 valence electrons. The molecular formula is C18H26N2. The third kappa shape index (κ3) is 2.05. The van der Waals surface area contributed by atoms with Gasteiger partial charge in [-0.3, -0.25) is 0 Å². The Bertz CT molecular complexity index is 484. The van der Waals surface area contributed by atoms with Crippen molar-refractivity contribution in [3.8, 4) is 0 Å². The van der Waals surface area contributed by atoms with Crippen molar-refractivity contribution in [1.82, 2.24) is 4.90 Å². The minimum absolute atomic E-state index is 0.451. The van der Waals surface area contributed by atoms with Gasteiger partial charge in [-0.25, -0.2) is 0 Å². The van der Waals surface area contributed by atoms with Crippen LogP contribution in [-0.4, -0.2) is 37.6 Å². The van der Waals surface area contributed by atoms with E-state index in [2.05, 4.69) is 41.0 Å². The van der Waals surface area contributed by atoms with Crippen molar-refractivity contribution in [2.75, 3.05) is 37.6 Å². The number of hydrogen-bond donors (Lipinski definition) is 0. The van der Waals surface area contributed by atoms with Gasteiger partial charge in [-0.1, -0.05) is 18.2 Å². The Morgan fingerprint density at radius 2 is 1.90 bits per heavy atom. The lowest BCUT2D eigenvalue weighted by molar-refractivity contribution is 0.161. The minimum atomic E-state index is 0.451. The maximum absolute atomic E-state index is 2.72. The van der Waals surface area contributed by atoms with Gasteiger partial charge in [-0.15, -0.1) is 0 Å². The summed E-state index contributed by atoms with van der Waals surface area (Å²) in [7, 11) is 0. The Kier molecular flexibility index (Phi) is 3.03. The molecule has 2 heteroatoms. The molecular weight excluding hydrogens is 244 g/mol. The number of fused-ring (bicyclic) bond motifs is 2. The van der Waals surface area contributed by atoms with Crippen molar-refractivity contribution in [3.63, 3.8) is 0 Å². The summed E-state index contributed by atoms with van der Waals surface area (Å²) in [6, 6.07) is 9.14. The lowest BCUT2D eigenvalue weighted by atomic mass is 9.74. The molecule has 0 bridgehead atoms. The fourth-order valence-corrected chi connectivity index (χ4v) is 4.27. The molecule has 3 aliphatic rings. The molecule has 0 N–H and O–H groups in total. The lowest BCUT2D eigenvalue weighted by Crippen LogP contribution is -2.45. The smallest absolute Gasteiger partial charge is 0.0405 e. The fourth-order valence-electron chi connectivity index (χ4n) is 4.27. The van der Waals surface area contributed by atoms with Crippen LogP contribution < -0.4 is 4.90 Å². The van der Waals surface area contributed by atoms with E-state index in [0.717, 1.165) is 12.5 Å². The summed E-state index contributed by atoms with van der Waals surface area (Å²) in [5.41, 5.74) is 3.59. The highest BCUT2D eigenvalue weighted by Gasteiger charge is 2.44. The second-order valence-electron chi connectivity index (χ2n) is 7.06. The Hall–Kier alpha value is -1.02. The van der Waals surface area contributed by atoms with E-state index in [4.69, 9.17) is 0 Å². The van der Waals surface area contributed by atoms with Crippen molar-refractivity contribution in [3.05, 3.63) is 29.8 Å². The van der Waals surface area contributed by atoms with Crippen LogP contribution in [0.3, 0.4) is 0 Å². The normalized spacial score (nSPS) is 25.1. The van der Waals surface area contributed by atoms with Gasteiger partial charge in [0, 0.05) is 30.7 Å². The van der Waals surface area contributed by atoms with Crippen LogP contribution in [0.1, 0.15) is 38.2 Å². The van der Waals surface area contributed by atoms with E-state index in [1.165, 1.54) is 57.5 Å². The van der Waals surface area contributed by atoms with Crippen molar-refractivity contribution in [2.24, 2.45) is 5.92 Å².